The molecule has 3 N–H and O–H groups in total. The highest BCUT2D eigenvalue weighted by Gasteiger charge is 2.11. The van der Waals surface area contributed by atoms with E-state index in [9.17, 15) is 4.79 Å². The molecule has 0 bridgehead atoms. The lowest BCUT2D eigenvalue weighted by Crippen LogP contribution is -2.12. The first-order chi connectivity index (χ1) is 6.20. The molecule has 0 spiro atoms. The zero-order valence-electron chi connectivity index (χ0n) is 6.64. The molecule has 0 atom stereocenters. The molecule has 0 aliphatic carbocycles. The monoisotopic (exact) mass is 177 g/mol. The van der Waals surface area contributed by atoms with Gasteiger partial charge in [-0.15, -0.1) is 4.68 Å². The number of carboxylic acid groups (broad SMARTS) is 1. The Bertz CT molecular complexity index is 475. The second kappa shape index (κ2) is 2.48. The summed E-state index contributed by atoms with van der Waals surface area (Å²) in [6.07, 6.45) is -1.17. The van der Waals surface area contributed by atoms with E-state index in [1.165, 1.54) is 0 Å². The molecule has 1 aromatic carbocycles. The normalized spacial score (nSPS) is 10.5. The lowest BCUT2D eigenvalue weighted by atomic mass is 10.2. The molecule has 2 aromatic rings. The van der Waals surface area contributed by atoms with Crippen LogP contribution in [0.3, 0.4) is 0 Å². The second-order valence-electron chi connectivity index (χ2n) is 2.60. The summed E-state index contributed by atoms with van der Waals surface area (Å²) in [6, 6.07) is 7.01. The molecule has 1 aromatic heterocycles. The molecule has 13 heavy (non-hydrogen) atoms. The van der Waals surface area contributed by atoms with E-state index in [0.717, 1.165) is 4.68 Å². The molecule has 0 saturated carbocycles. The summed E-state index contributed by atoms with van der Waals surface area (Å²) in [5.74, 6) is 0.156. The van der Waals surface area contributed by atoms with Gasteiger partial charge >= 0.3 is 6.09 Å². The number of nitrogen functional groups attached to an aromatic ring is 1. The summed E-state index contributed by atoms with van der Waals surface area (Å²) >= 11 is 0. The Balaban J connectivity index is 2.81. The van der Waals surface area contributed by atoms with Crippen molar-refractivity contribution in [1.82, 2.24) is 9.78 Å². The Morgan fingerprint density at radius 2 is 2.15 bits per heavy atom. The third-order valence-electron chi connectivity index (χ3n) is 1.80. The molecule has 5 heteroatoms. The highest BCUT2D eigenvalue weighted by molar-refractivity contribution is 5.92. The Morgan fingerprint density at radius 3 is 2.77 bits per heavy atom. The quantitative estimate of drug-likeness (QED) is 0.632. The summed E-state index contributed by atoms with van der Waals surface area (Å²) < 4.78 is 0.769. The Morgan fingerprint density at radius 1 is 1.46 bits per heavy atom. The predicted octanol–water partition coefficient (Wildman–Crippen LogP) is 1.14. The van der Waals surface area contributed by atoms with Gasteiger partial charge in [-0.3, -0.25) is 0 Å². The molecule has 0 aliphatic heterocycles. The lowest BCUT2D eigenvalue weighted by molar-refractivity contribution is 0.193. The van der Waals surface area contributed by atoms with Crippen LogP contribution in [-0.2, 0) is 0 Å². The summed E-state index contributed by atoms with van der Waals surface area (Å²) in [5, 5.41) is 13.1. The summed E-state index contributed by atoms with van der Waals surface area (Å²) in [5.41, 5.74) is 6.15. The van der Waals surface area contributed by atoms with E-state index >= 15 is 0 Å². The first-order valence-corrected chi connectivity index (χ1v) is 3.66. The number of nitrogens with zero attached hydrogens (tertiary/aromatic N) is 2. The van der Waals surface area contributed by atoms with Gasteiger partial charge in [0.2, 0.25) is 0 Å². The molecule has 0 radical (unpaired) electrons. The molecule has 66 valence electrons. The fraction of sp³-hybridized carbons (Fsp3) is 0. The fourth-order valence-electron chi connectivity index (χ4n) is 1.20. The van der Waals surface area contributed by atoms with Crippen LogP contribution >= 0.6 is 0 Å². The number of anilines is 1. The molecule has 0 unspecified atom stereocenters. The second-order valence-corrected chi connectivity index (χ2v) is 2.60. The molecular formula is C8H7N3O2. The summed E-state index contributed by atoms with van der Waals surface area (Å²) in [4.78, 5) is 10.6. The van der Waals surface area contributed by atoms with Crippen molar-refractivity contribution in [3.8, 4) is 0 Å². The van der Waals surface area contributed by atoms with Crippen LogP contribution in [0.1, 0.15) is 0 Å². The molecule has 0 saturated heterocycles. The molecule has 5 nitrogen and oxygen atoms in total. The van der Waals surface area contributed by atoms with Gasteiger partial charge in [-0.2, -0.15) is 5.10 Å². The topological polar surface area (TPSA) is 81.1 Å². The zero-order chi connectivity index (χ0) is 9.42. The highest BCUT2D eigenvalue weighted by Crippen LogP contribution is 2.19. The first kappa shape index (κ1) is 7.60. The van der Waals surface area contributed by atoms with Gasteiger partial charge in [-0.05, 0) is 12.1 Å². The van der Waals surface area contributed by atoms with Crippen molar-refractivity contribution in [2.24, 2.45) is 0 Å². The van der Waals surface area contributed by atoms with Crippen LogP contribution in [0.4, 0.5) is 10.6 Å². The number of aromatic nitrogens is 2. The number of nitrogens with two attached hydrogens (primary N) is 1. The number of carbonyl (C=O) groups is 1. The van der Waals surface area contributed by atoms with Crippen molar-refractivity contribution in [2.45, 2.75) is 0 Å². The van der Waals surface area contributed by atoms with E-state index in [1.54, 1.807) is 24.3 Å². The smallest absolute Gasteiger partial charge is 0.434 e. The van der Waals surface area contributed by atoms with Gasteiger partial charge in [0.05, 0.1) is 5.52 Å². The van der Waals surface area contributed by atoms with E-state index in [1.807, 2.05) is 0 Å². The maximum Gasteiger partial charge on any atom is 0.434 e. The first-order valence-electron chi connectivity index (χ1n) is 3.66. The largest absolute Gasteiger partial charge is 0.463 e. The van der Waals surface area contributed by atoms with Crippen LogP contribution in [0, 0.1) is 0 Å². The number of hydrogen-bond acceptors (Lipinski definition) is 3. The molecule has 2 rings (SSSR count). The van der Waals surface area contributed by atoms with E-state index in [-0.39, 0.29) is 5.82 Å². The van der Waals surface area contributed by atoms with Crippen LogP contribution in [0.5, 0.6) is 0 Å². The maximum atomic E-state index is 10.6. The third kappa shape index (κ3) is 1.01. The average Bonchev–Trinajstić information content (AvgIpc) is 2.45. The minimum atomic E-state index is -1.17. The molecule has 0 fully saturated rings. The molecule has 0 amide bonds. The van der Waals surface area contributed by atoms with E-state index in [0.29, 0.717) is 10.9 Å². The minimum absolute atomic E-state index is 0.156. The van der Waals surface area contributed by atoms with Crippen LogP contribution in [0.25, 0.3) is 10.9 Å². The number of hydrogen-bond donors (Lipinski definition) is 2. The SMILES string of the molecule is Nc1c2ccccc2nn1C(=O)O. The van der Waals surface area contributed by atoms with Gasteiger partial charge in [0.15, 0.2) is 0 Å². The fourth-order valence-corrected chi connectivity index (χ4v) is 1.20. The van der Waals surface area contributed by atoms with Crippen molar-refractivity contribution in [1.29, 1.82) is 0 Å². The van der Waals surface area contributed by atoms with Crippen molar-refractivity contribution in [3.05, 3.63) is 24.3 Å². The van der Waals surface area contributed by atoms with Crippen LogP contribution in [0.2, 0.25) is 0 Å². The zero-order valence-corrected chi connectivity index (χ0v) is 6.64. The predicted molar refractivity (Wildman–Crippen MR) is 47.6 cm³/mol. The summed E-state index contributed by atoms with van der Waals surface area (Å²) in [7, 11) is 0. The van der Waals surface area contributed by atoms with E-state index < -0.39 is 6.09 Å². The Kier molecular flexibility index (Phi) is 1.45. The number of benzene rings is 1. The molecular weight excluding hydrogens is 170 g/mol. The van der Waals surface area contributed by atoms with E-state index in [2.05, 4.69) is 5.10 Å². The minimum Gasteiger partial charge on any atom is -0.463 e. The molecule has 1 heterocycles. The van der Waals surface area contributed by atoms with Crippen molar-refractivity contribution in [3.63, 3.8) is 0 Å². The summed E-state index contributed by atoms with van der Waals surface area (Å²) in [6.45, 7) is 0. The third-order valence-corrected chi connectivity index (χ3v) is 1.80. The van der Waals surface area contributed by atoms with Crippen LogP contribution in [-0.4, -0.2) is 21.0 Å². The van der Waals surface area contributed by atoms with Gasteiger partial charge in [0.25, 0.3) is 0 Å². The van der Waals surface area contributed by atoms with Crippen LogP contribution in [0.15, 0.2) is 24.3 Å². The van der Waals surface area contributed by atoms with E-state index in [4.69, 9.17) is 10.8 Å². The standard InChI is InChI=1S/C8H7N3O2/c9-7-5-3-1-2-4-6(5)10-11(7)8(12)13/h1-4H,9H2,(H,12,13). The van der Waals surface area contributed by atoms with Gasteiger partial charge in [0.1, 0.15) is 5.82 Å². The number of fused-ring (bicyclic) bond motifs is 1. The van der Waals surface area contributed by atoms with Crippen molar-refractivity contribution >= 4 is 22.8 Å². The van der Waals surface area contributed by atoms with Gasteiger partial charge < -0.3 is 10.8 Å². The van der Waals surface area contributed by atoms with Crippen molar-refractivity contribution in [2.75, 3.05) is 5.73 Å². The maximum absolute atomic E-state index is 10.6. The Hall–Kier alpha value is -2.04. The van der Waals surface area contributed by atoms with Crippen molar-refractivity contribution < 1.29 is 9.90 Å². The van der Waals surface area contributed by atoms with Gasteiger partial charge in [-0.1, -0.05) is 12.1 Å². The van der Waals surface area contributed by atoms with Crippen LogP contribution < -0.4 is 5.73 Å². The average molecular weight is 177 g/mol. The number of rotatable bonds is 0. The lowest BCUT2D eigenvalue weighted by Gasteiger charge is -1.93. The Labute approximate surface area is 73.4 Å². The molecule has 0 aliphatic rings. The van der Waals surface area contributed by atoms with Gasteiger partial charge in [-0.25, -0.2) is 4.79 Å². The highest BCUT2D eigenvalue weighted by atomic mass is 16.4. The van der Waals surface area contributed by atoms with Gasteiger partial charge in [0, 0.05) is 5.39 Å².